The van der Waals surface area contributed by atoms with Crippen LogP contribution in [0.4, 0.5) is 0 Å². The zero-order valence-corrected chi connectivity index (χ0v) is 11.3. The van der Waals surface area contributed by atoms with E-state index in [-0.39, 0.29) is 11.9 Å². The van der Waals surface area contributed by atoms with Crippen molar-refractivity contribution in [1.82, 2.24) is 0 Å². The molecule has 0 radical (unpaired) electrons. The predicted molar refractivity (Wildman–Crippen MR) is 68.7 cm³/mol. The molecule has 0 aromatic carbocycles. The van der Waals surface area contributed by atoms with Crippen LogP contribution in [-0.4, -0.2) is 19.0 Å². The molecule has 0 spiro atoms. The fourth-order valence-corrected chi connectivity index (χ4v) is 1.95. The molecule has 0 aromatic rings. The molecule has 96 valence electrons. The van der Waals surface area contributed by atoms with Crippen LogP contribution in [0.2, 0.25) is 0 Å². The number of hydrogen-bond donors (Lipinski definition) is 0. The van der Waals surface area contributed by atoms with Gasteiger partial charge in [-0.1, -0.05) is 58.3 Å². The Hall–Kier alpha value is -0.370. The van der Waals surface area contributed by atoms with E-state index in [0.717, 1.165) is 12.8 Å². The topological polar surface area (TPSA) is 26.3 Å². The lowest BCUT2D eigenvalue weighted by Crippen LogP contribution is -2.19. The number of rotatable bonds is 11. The van der Waals surface area contributed by atoms with Crippen LogP contribution in [0, 0.1) is 0 Å². The molecule has 0 aliphatic rings. The van der Waals surface area contributed by atoms with Crippen molar-refractivity contribution in [3.05, 3.63) is 0 Å². The number of ketones is 1. The number of carbonyl (C=O) groups excluding carboxylic acids is 1. The summed E-state index contributed by atoms with van der Waals surface area (Å²) in [6.07, 6.45) is 11.2. The van der Waals surface area contributed by atoms with Gasteiger partial charge in [0.2, 0.25) is 0 Å². The van der Waals surface area contributed by atoms with Crippen molar-refractivity contribution in [2.75, 3.05) is 7.11 Å². The first-order chi connectivity index (χ1) is 7.72. The first-order valence-corrected chi connectivity index (χ1v) is 6.75. The molecule has 0 saturated heterocycles. The van der Waals surface area contributed by atoms with Gasteiger partial charge in [-0.05, 0) is 13.3 Å². The maximum absolute atomic E-state index is 11.1. The van der Waals surface area contributed by atoms with Gasteiger partial charge in [0.15, 0.2) is 5.78 Å². The van der Waals surface area contributed by atoms with E-state index in [1.807, 2.05) is 0 Å². The second kappa shape index (κ2) is 11.1. The van der Waals surface area contributed by atoms with Crippen molar-refractivity contribution in [1.29, 1.82) is 0 Å². The summed E-state index contributed by atoms with van der Waals surface area (Å²) in [5.41, 5.74) is 0. The number of carbonyl (C=O) groups is 1. The Labute approximate surface area is 101 Å². The van der Waals surface area contributed by atoms with Crippen molar-refractivity contribution < 1.29 is 9.53 Å². The van der Waals surface area contributed by atoms with Crippen LogP contribution in [0.3, 0.4) is 0 Å². The summed E-state index contributed by atoms with van der Waals surface area (Å²) in [5, 5.41) is 0. The number of methoxy groups -OCH3 is 1. The average Bonchev–Trinajstić information content (AvgIpc) is 2.26. The van der Waals surface area contributed by atoms with Crippen LogP contribution < -0.4 is 0 Å². The molecule has 0 aliphatic carbocycles. The highest BCUT2D eigenvalue weighted by Gasteiger charge is 2.11. The molecule has 0 heterocycles. The van der Waals surface area contributed by atoms with E-state index >= 15 is 0 Å². The Morgan fingerprint density at radius 3 is 1.94 bits per heavy atom. The highest BCUT2D eigenvalue weighted by atomic mass is 16.5. The summed E-state index contributed by atoms with van der Waals surface area (Å²) in [5.74, 6) is 0.158. The molecule has 1 atom stereocenters. The van der Waals surface area contributed by atoms with Crippen molar-refractivity contribution in [3.8, 4) is 0 Å². The van der Waals surface area contributed by atoms with Crippen LogP contribution in [0.15, 0.2) is 0 Å². The molecule has 0 aromatic heterocycles. The van der Waals surface area contributed by atoms with Gasteiger partial charge in [0, 0.05) is 7.11 Å². The van der Waals surface area contributed by atoms with Crippen molar-refractivity contribution in [2.24, 2.45) is 0 Å². The molecule has 0 rings (SSSR count). The third-order valence-corrected chi connectivity index (χ3v) is 3.06. The van der Waals surface area contributed by atoms with Gasteiger partial charge in [-0.2, -0.15) is 0 Å². The molecule has 0 N–H and O–H groups in total. The van der Waals surface area contributed by atoms with Gasteiger partial charge in [-0.3, -0.25) is 4.79 Å². The smallest absolute Gasteiger partial charge is 0.158 e. The molecule has 1 unspecified atom stereocenters. The summed E-state index contributed by atoms with van der Waals surface area (Å²) in [7, 11) is 1.62. The maximum Gasteiger partial charge on any atom is 0.158 e. The minimum Gasteiger partial charge on any atom is -0.374 e. The van der Waals surface area contributed by atoms with Crippen LogP contribution in [0.1, 0.15) is 71.6 Å². The lowest BCUT2D eigenvalue weighted by molar-refractivity contribution is -0.127. The Morgan fingerprint density at radius 1 is 1.00 bits per heavy atom. The van der Waals surface area contributed by atoms with Gasteiger partial charge in [-0.15, -0.1) is 0 Å². The van der Waals surface area contributed by atoms with Gasteiger partial charge in [0.1, 0.15) is 6.10 Å². The van der Waals surface area contributed by atoms with E-state index < -0.39 is 0 Å². The molecule has 0 saturated carbocycles. The first-order valence-electron chi connectivity index (χ1n) is 6.75. The van der Waals surface area contributed by atoms with Crippen molar-refractivity contribution in [2.45, 2.75) is 77.7 Å². The van der Waals surface area contributed by atoms with Gasteiger partial charge in [-0.25, -0.2) is 0 Å². The van der Waals surface area contributed by atoms with Crippen molar-refractivity contribution in [3.63, 3.8) is 0 Å². The third kappa shape index (κ3) is 8.90. The lowest BCUT2D eigenvalue weighted by atomic mass is 10.0. The molecule has 0 fully saturated rings. The molecule has 2 nitrogen and oxygen atoms in total. The molecule has 0 aliphatic heterocycles. The lowest BCUT2D eigenvalue weighted by Gasteiger charge is -2.11. The summed E-state index contributed by atoms with van der Waals surface area (Å²) in [6, 6.07) is 0. The Kier molecular flexibility index (Phi) is 10.9. The molecule has 0 bridgehead atoms. The quantitative estimate of drug-likeness (QED) is 0.497. The van der Waals surface area contributed by atoms with E-state index in [1.54, 1.807) is 14.0 Å². The number of Topliss-reactive ketones (excluding diaryl/α,β-unsaturated/α-hetero) is 1. The Bertz CT molecular complexity index is 166. The summed E-state index contributed by atoms with van der Waals surface area (Å²) < 4.78 is 5.12. The molecule has 16 heavy (non-hydrogen) atoms. The molecular formula is C14H28O2. The third-order valence-electron chi connectivity index (χ3n) is 3.06. The SMILES string of the molecule is CCCCCCCCCCC(OC)C(C)=O. The van der Waals surface area contributed by atoms with E-state index in [2.05, 4.69) is 6.92 Å². The molecule has 2 heteroatoms. The van der Waals surface area contributed by atoms with Crippen LogP contribution in [0.25, 0.3) is 0 Å². The standard InChI is InChI=1S/C14H28O2/c1-4-5-6-7-8-9-10-11-12-14(16-3)13(2)15/h14H,4-12H2,1-3H3. The van der Waals surface area contributed by atoms with E-state index in [4.69, 9.17) is 4.74 Å². The monoisotopic (exact) mass is 228 g/mol. The predicted octanol–water partition coefficient (Wildman–Crippen LogP) is 4.12. The Balaban J connectivity index is 3.22. The average molecular weight is 228 g/mol. The second-order valence-electron chi connectivity index (χ2n) is 4.60. The zero-order chi connectivity index (χ0) is 12.2. The van der Waals surface area contributed by atoms with Crippen LogP contribution in [-0.2, 0) is 9.53 Å². The van der Waals surface area contributed by atoms with Gasteiger partial charge in [0.05, 0.1) is 0 Å². The highest BCUT2D eigenvalue weighted by molar-refractivity contribution is 5.80. The fraction of sp³-hybridized carbons (Fsp3) is 0.929. The highest BCUT2D eigenvalue weighted by Crippen LogP contribution is 2.11. The number of unbranched alkanes of at least 4 members (excludes halogenated alkanes) is 7. The van der Waals surface area contributed by atoms with Crippen molar-refractivity contribution >= 4 is 5.78 Å². The molecule has 0 amide bonds. The summed E-state index contributed by atoms with van der Waals surface area (Å²) in [4.78, 5) is 11.1. The minimum absolute atomic E-state index is 0.158. The largest absolute Gasteiger partial charge is 0.374 e. The number of hydrogen-bond acceptors (Lipinski definition) is 2. The normalized spacial score (nSPS) is 12.7. The van der Waals surface area contributed by atoms with Gasteiger partial charge >= 0.3 is 0 Å². The van der Waals surface area contributed by atoms with Crippen LogP contribution in [0.5, 0.6) is 0 Å². The second-order valence-corrected chi connectivity index (χ2v) is 4.60. The summed E-state index contributed by atoms with van der Waals surface area (Å²) in [6.45, 7) is 3.85. The van der Waals surface area contributed by atoms with E-state index in [9.17, 15) is 4.79 Å². The zero-order valence-electron chi connectivity index (χ0n) is 11.3. The van der Waals surface area contributed by atoms with Gasteiger partial charge in [0.25, 0.3) is 0 Å². The maximum atomic E-state index is 11.1. The minimum atomic E-state index is -0.167. The Morgan fingerprint density at radius 2 is 1.50 bits per heavy atom. The number of ether oxygens (including phenoxy) is 1. The van der Waals surface area contributed by atoms with E-state index in [1.165, 1.54) is 44.9 Å². The fourth-order valence-electron chi connectivity index (χ4n) is 1.95. The van der Waals surface area contributed by atoms with E-state index in [0.29, 0.717) is 0 Å². The first kappa shape index (κ1) is 15.6. The van der Waals surface area contributed by atoms with Gasteiger partial charge < -0.3 is 4.74 Å². The van der Waals surface area contributed by atoms with Crippen LogP contribution >= 0.6 is 0 Å². The summed E-state index contributed by atoms with van der Waals surface area (Å²) >= 11 is 0. The molecular weight excluding hydrogens is 200 g/mol.